The van der Waals surface area contributed by atoms with Crippen molar-refractivity contribution in [1.82, 2.24) is 9.88 Å². The number of ether oxygens (including phenoxy) is 1. The number of carbonyl (C=O) groups excluding carboxylic acids is 2. The standard InChI is InChI=1S/C29H24FN3O8S2/c1-11(28(36)37)32-26(34)21-16-9-17(22(21)27(32)35)23-20(16)19(24-25(42-23)31-29(38)43-24)15-8-14(33(39)40)6-7-18(15)41-10-12-2-4-13(30)5-3-12/h2-8,11,16-17,19-23H,9-10H2,1H3,(H,31,38)(H,36,37)/t11-,16+,17-,19-,20-,21+,22-,23+/m0/s1. The third kappa shape index (κ3) is 4.21. The van der Waals surface area contributed by atoms with E-state index in [1.807, 2.05) is 0 Å². The van der Waals surface area contributed by atoms with Gasteiger partial charge in [0.2, 0.25) is 11.8 Å². The van der Waals surface area contributed by atoms with Gasteiger partial charge in [0.25, 0.3) is 5.69 Å². The Balaban J connectivity index is 1.33. The van der Waals surface area contributed by atoms with E-state index in [0.29, 0.717) is 33.2 Å². The monoisotopic (exact) mass is 625 g/mol. The minimum Gasteiger partial charge on any atom is -0.489 e. The molecule has 2 aromatic carbocycles. The number of likely N-dealkylation sites (tertiary alicyclic amines) is 1. The average molecular weight is 626 g/mol. The number of benzene rings is 2. The van der Waals surface area contributed by atoms with Crippen molar-refractivity contribution in [2.45, 2.75) is 42.2 Å². The molecule has 0 spiro atoms. The summed E-state index contributed by atoms with van der Waals surface area (Å²) in [5.74, 6) is -5.03. The Labute approximate surface area is 251 Å². The van der Waals surface area contributed by atoms with E-state index >= 15 is 0 Å². The lowest BCUT2D eigenvalue weighted by Crippen LogP contribution is -2.44. The summed E-state index contributed by atoms with van der Waals surface area (Å²) in [5.41, 5.74) is 0.998. The van der Waals surface area contributed by atoms with Gasteiger partial charge in [-0.05, 0) is 54.9 Å². The van der Waals surface area contributed by atoms with Gasteiger partial charge in [-0.1, -0.05) is 23.5 Å². The minimum atomic E-state index is -1.29. The summed E-state index contributed by atoms with van der Waals surface area (Å²) in [7, 11) is 0. The van der Waals surface area contributed by atoms with Crippen molar-refractivity contribution in [2.24, 2.45) is 29.6 Å². The number of imide groups is 1. The van der Waals surface area contributed by atoms with Gasteiger partial charge < -0.3 is 14.8 Å². The van der Waals surface area contributed by atoms with E-state index in [9.17, 15) is 38.8 Å². The molecule has 11 nitrogen and oxygen atoms in total. The molecule has 2 aliphatic carbocycles. The number of rotatable bonds is 7. The molecular formula is C29H24FN3O8S2. The maximum Gasteiger partial charge on any atom is 0.326 e. The second-order valence-corrected chi connectivity index (χ2v) is 13.6. The summed E-state index contributed by atoms with van der Waals surface area (Å²) >= 11 is 2.46. The second-order valence-electron chi connectivity index (χ2n) is 11.4. The van der Waals surface area contributed by atoms with Crippen LogP contribution in [0.1, 0.15) is 35.3 Å². The van der Waals surface area contributed by atoms with Crippen molar-refractivity contribution in [1.29, 1.82) is 0 Å². The summed E-state index contributed by atoms with van der Waals surface area (Å²) < 4.78 is 19.6. The van der Waals surface area contributed by atoms with Crippen LogP contribution in [-0.2, 0) is 21.0 Å². The number of nitro groups is 1. The van der Waals surface area contributed by atoms with Crippen molar-refractivity contribution in [3.63, 3.8) is 0 Å². The van der Waals surface area contributed by atoms with Gasteiger partial charge in [0.15, 0.2) is 0 Å². The zero-order chi connectivity index (χ0) is 30.3. The number of hydrogen-bond acceptors (Lipinski definition) is 9. The summed E-state index contributed by atoms with van der Waals surface area (Å²) in [6, 6.07) is 8.76. The lowest BCUT2D eigenvalue weighted by atomic mass is 9.68. The molecule has 0 radical (unpaired) electrons. The third-order valence-corrected chi connectivity index (χ3v) is 11.9. The van der Waals surface area contributed by atoms with Crippen LogP contribution in [0.3, 0.4) is 0 Å². The molecule has 43 heavy (non-hydrogen) atoms. The summed E-state index contributed by atoms with van der Waals surface area (Å²) in [5, 5.41) is 21.9. The predicted molar refractivity (Wildman–Crippen MR) is 151 cm³/mol. The number of H-pyrrole nitrogens is 1. The van der Waals surface area contributed by atoms with Crippen LogP contribution < -0.4 is 9.61 Å². The van der Waals surface area contributed by atoms with Gasteiger partial charge in [-0.25, -0.2) is 9.18 Å². The molecule has 3 fully saturated rings. The van der Waals surface area contributed by atoms with Crippen LogP contribution in [0.25, 0.3) is 0 Å². The van der Waals surface area contributed by atoms with Gasteiger partial charge in [-0.15, -0.1) is 11.8 Å². The van der Waals surface area contributed by atoms with E-state index in [4.69, 9.17) is 4.74 Å². The molecule has 222 valence electrons. The molecule has 8 atom stereocenters. The number of aromatic amines is 1. The van der Waals surface area contributed by atoms with Gasteiger partial charge in [0.05, 0.1) is 21.8 Å². The molecule has 3 heterocycles. The minimum absolute atomic E-state index is 0.0582. The molecule has 2 aliphatic heterocycles. The maximum atomic E-state index is 13.6. The topological polar surface area (TPSA) is 160 Å². The van der Waals surface area contributed by atoms with Crippen LogP contribution in [0.4, 0.5) is 10.1 Å². The summed E-state index contributed by atoms with van der Waals surface area (Å²) in [4.78, 5) is 67.0. The predicted octanol–water partition coefficient (Wildman–Crippen LogP) is 4.01. The van der Waals surface area contributed by atoms with Crippen molar-refractivity contribution >= 4 is 46.6 Å². The van der Waals surface area contributed by atoms with Crippen LogP contribution in [0, 0.1) is 45.5 Å². The van der Waals surface area contributed by atoms with Crippen LogP contribution in [-0.4, -0.2) is 49.0 Å². The Hall–Kier alpha value is -4.04. The maximum absolute atomic E-state index is 13.6. The number of carbonyl (C=O) groups is 3. The Bertz CT molecular complexity index is 1760. The molecule has 2 amide bonds. The fraction of sp³-hybridized carbons (Fsp3) is 0.379. The van der Waals surface area contributed by atoms with E-state index in [1.54, 1.807) is 12.1 Å². The fourth-order valence-electron chi connectivity index (χ4n) is 7.65. The first kappa shape index (κ1) is 27.8. The lowest BCUT2D eigenvalue weighted by molar-refractivity contribution is -0.385. The number of halogens is 1. The quantitative estimate of drug-likeness (QED) is 0.225. The SMILES string of the molecule is C[C@@H](C(=O)O)N1C(=O)[C@@H]2[C@@H]3C[C@H]([C@H]4Sc5[nH]c(=O)sc5[C@@H](c5cc([N+](=O)[O-])ccc5OCc5ccc(F)cc5)[C@H]34)[C@@H]2C1=O. The highest BCUT2D eigenvalue weighted by Gasteiger charge is 2.70. The first-order valence-corrected chi connectivity index (χ1v) is 15.4. The van der Waals surface area contributed by atoms with E-state index in [-0.39, 0.29) is 40.2 Å². The molecule has 0 unspecified atom stereocenters. The fourth-order valence-corrected chi connectivity index (χ4v) is 10.5. The zero-order valence-electron chi connectivity index (χ0n) is 22.5. The average Bonchev–Trinajstić information content (AvgIpc) is 3.71. The highest BCUT2D eigenvalue weighted by molar-refractivity contribution is 8.00. The van der Waals surface area contributed by atoms with Gasteiger partial charge >= 0.3 is 10.8 Å². The van der Waals surface area contributed by atoms with Gasteiger partial charge in [0, 0.05) is 33.7 Å². The second kappa shape index (κ2) is 10.0. The van der Waals surface area contributed by atoms with Crippen LogP contribution in [0.2, 0.25) is 0 Å². The first-order valence-electron chi connectivity index (χ1n) is 13.7. The van der Waals surface area contributed by atoms with Crippen molar-refractivity contribution < 1.29 is 33.5 Å². The Morgan fingerprint density at radius 3 is 2.53 bits per heavy atom. The number of non-ortho nitro benzene ring substituents is 1. The van der Waals surface area contributed by atoms with Crippen molar-refractivity contribution in [3.8, 4) is 5.75 Å². The number of amides is 2. The number of carboxylic acids is 1. The number of aromatic nitrogens is 1. The molecule has 2 N–H and O–H groups in total. The first-order chi connectivity index (χ1) is 20.5. The Kier molecular flexibility index (Phi) is 6.47. The molecule has 1 saturated heterocycles. The molecule has 2 saturated carbocycles. The third-order valence-electron chi connectivity index (χ3n) is 9.35. The molecule has 2 bridgehead atoms. The number of nitrogens with one attached hydrogen (secondary N) is 1. The van der Waals surface area contributed by atoms with Gasteiger partial charge in [0.1, 0.15) is 24.2 Å². The smallest absolute Gasteiger partial charge is 0.326 e. The van der Waals surface area contributed by atoms with E-state index in [2.05, 4.69) is 4.98 Å². The van der Waals surface area contributed by atoms with Crippen LogP contribution in [0.15, 0.2) is 52.3 Å². The molecule has 3 aromatic rings. The highest BCUT2D eigenvalue weighted by Crippen LogP contribution is 2.69. The van der Waals surface area contributed by atoms with E-state index in [0.717, 1.165) is 16.2 Å². The number of nitrogens with zero attached hydrogens (tertiary/aromatic N) is 2. The Morgan fingerprint density at radius 1 is 1.16 bits per heavy atom. The molecule has 4 aliphatic rings. The van der Waals surface area contributed by atoms with Crippen LogP contribution >= 0.6 is 23.1 Å². The molecule has 7 rings (SSSR count). The zero-order valence-corrected chi connectivity index (χ0v) is 24.1. The highest BCUT2D eigenvalue weighted by atomic mass is 32.2. The summed E-state index contributed by atoms with van der Waals surface area (Å²) in [6.45, 7) is 1.38. The normalized spacial score (nSPS) is 29.3. The number of fused-ring (bicyclic) bond motifs is 9. The molecular weight excluding hydrogens is 601 g/mol. The number of thiazole rings is 1. The largest absolute Gasteiger partial charge is 0.489 e. The number of aliphatic carboxylic acids is 1. The molecule has 14 heteroatoms. The number of carboxylic acid groups (broad SMARTS) is 1. The lowest BCUT2D eigenvalue weighted by Gasteiger charge is -2.43. The van der Waals surface area contributed by atoms with Gasteiger partial charge in [-0.3, -0.25) is 29.4 Å². The van der Waals surface area contributed by atoms with Crippen molar-refractivity contribution in [2.75, 3.05) is 0 Å². The Morgan fingerprint density at radius 2 is 1.86 bits per heavy atom. The summed E-state index contributed by atoms with van der Waals surface area (Å²) in [6.07, 6.45) is 0.570. The van der Waals surface area contributed by atoms with Gasteiger partial charge in [-0.2, -0.15) is 0 Å². The number of thioether (sulfide) groups is 1. The number of nitro benzene ring substituents is 1. The number of hydrogen-bond donors (Lipinski definition) is 2. The van der Waals surface area contributed by atoms with E-state index < -0.39 is 52.3 Å². The van der Waals surface area contributed by atoms with E-state index in [1.165, 1.54) is 49.0 Å². The van der Waals surface area contributed by atoms with Crippen molar-refractivity contribution in [3.05, 3.63) is 84.1 Å². The van der Waals surface area contributed by atoms with Crippen LogP contribution in [0.5, 0.6) is 5.75 Å². The molecule has 1 aromatic heterocycles.